The standard InChI is InChI=1S/C18H24N6O2/c1-12(2)15(18(26)23-10-8-13(9-11-23)16(19)25)24-21-17(20-22-24)14-6-4-3-5-7-14/h3-7,12-13,15H,8-11H2,1-2H3,(H2,19,25). The van der Waals surface area contributed by atoms with Crippen molar-refractivity contribution in [2.75, 3.05) is 13.1 Å². The van der Waals surface area contributed by atoms with Gasteiger partial charge >= 0.3 is 0 Å². The second-order valence-electron chi connectivity index (χ2n) is 6.99. The molecular weight excluding hydrogens is 332 g/mol. The van der Waals surface area contributed by atoms with E-state index in [-0.39, 0.29) is 23.7 Å². The third-order valence-corrected chi connectivity index (χ3v) is 4.80. The number of rotatable bonds is 5. The van der Waals surface area contributed by atoms with Crippen molar-refractivity contribution in [2.24, 2.45) is 17.6 Å². The minimum absolute atomic E-state index is 0.00851. The van der Waals surface area contributed by atoms with Crippen LogP contribution in [0.3, 0.4) is 0 Å². The summed E-state index contributed by atoms with van der Waals surface area (Å²) in [6, 6.07) is 9.02. The Labute approximate surface area is 152 Å². The molecule has 8 nitrogen and oxygen atoms in total. The van der Waals surface area contributed by atoms with Gasteiger partial charge in [-0.25, -0.2) is 0 Å². The average molecular weight is 356 g/mol. The van der Waals surface area contributed by atoms with Gasteiger partial charge in [0.05, 0.1) is 0 Å². The summed E-state index contributed by atoms with van der Waals surface area (Å²) in [6.07, 6.45) is 1.21. The summed E-state index contributed by atoms with van der Waals surface area (Å²) in [5, 5.41) is 12.7. The van der Waals surface area contributed by atoms with Crippen molar-refractivity contribution >= 4 is 11.8 Å². The van der Waals surface area contributed by atoms with Gasteiger partial charge in [-0.05, 0) is 24.0 Å². The molecule has 1 fully saturated rings. The normalized spacial score (nSPS) is 16.7. The van der Waals surface area contributed by atoms with Crippen molar-refractivity contribution in [2.45, 2.75) is 32.7 Å². The van der Waals surface area contributed by atoms with E-state index in [0.29, 0.717) is 31.8 Å². The Morgan fingerprint density at radius 1 is 1.15 bits per heavy atom. The third-order valence-electron chi connectivity index (χ3n) is 4.80. The lowest BCUT2D eigenvalue weighted by molar-refractivity contribution is -0.139. The Bertz CT molecular complexity index is 765. The first kappa shape index (κ1) is 18.0. The van der Waals surface area contributed by atoms with Gasteiger partial charge in [-0.2, -0.15) is 4.80 Å². The van der Waals surface area contributed by atoms with Gasteiger partial charge in [-0.1, -0.05) is 44.2 Å². The summed E-state index contributed by atoms with van der Waals surface area (Å²) in [4.78, 5) is 27.5. The van der Waals surface area contributed by atoms with E-state index in [9.17, 15) is 9.59 Å². The fraction of sp³-hybridized carbons (Fsp3) is 0.500. The van der Waals surface area contributed by atoms with Crippen molar-refractivity contribution in [3.8, 4) is 11.4 Å². The predicted molar refractivity (Wildman–Crippen MR) is 95.6 cm³/mol. The Kier molecular flexibility index (Phi) is 5.29. The lowest BCUT2D eigenvalue weighted by Crippen LogP contribution is -2.46. The number of carbonyl (C=O) groups excluding carboxylic acids is 2. The smallest absolute Gasteiger partial charge is 0.249 e. The first-order valence-corrected chi connectivity index (χ1v) is 8.90. The highest BCUT2D eigenvalue weighted by Gasteiger charge is 2.34. The molecule has 2 aromatic rings. The molecule has 1 aliphatic rings. The molecule has 138 valence electrons. The first-order valence-electron chi connectivity index (χ1n) is 8.90. The fourth-order valence-electron chi connectivity index (χ4n) is 3.27. The zero-order valence-electron chi connectivity index (χ0n) is 15.1. The lowest BCUT2D eigenvalue weighted by Gasteiger charge is -2.33. The molecule has 3 rings (SSSR count). The van der Waals surface area contributed by atoms with Gasteiger partial charge in [0.2, 0.25) is 17.6 Å². The molecule has 2 amide bonds. The van der Waals surface area contributed by atoms with Crippen LogP contribution in [0.5, 0.6) is 0 Å². The van der Waals surface area contributed by atoms with Crippen LogP contribution < -0.4 is 5.73 Å². The van der Waals surface area contributed by atoms with Crippen LogP contribution in [0, 0.1) is 11.8 Å². The maximum Gasteiger partial charge on any atom is 0.249 e. The SMILES string of the molecule is CC(C)C(C(=O)N1CCC(C(N)=O)CC1)n1nnc(-c2ccccc2)n1. The monoisotopic (exact) mass is 356 g/mol. The Morgan fingerprint density at radius 3 is 2.38 bits per heavy atom. The van der Waals surface area contributed by atoms with E-state index in [4.69, 9.17) is 5.73 Å². The number of tetrazole rings is 1. The second-order valence-corrected chi connectivity index (χ2v) is 6.99. The highest BCUT2D eigenvalue weighted by molar-refractivity contribution is 5.81. The number of aromatic nitrogens is 4. The van der Waals surface area contributed by atoms with E-state index in [2.05, 4.69) is 15.4 Å². The number of benzene rings is 1. The molecule has 1 aliphatic heterocycles. The number of nitrogens with two attached hydrogens (primary N) is 1. The van der Waals surface area contributed by atoms with E-state index in [1.54, 1.807) is 4.90 Å². The Hall–Kier alpha value is -2.77. The van der Waals surface area contributed by atoms with E-state index in [1.165, 1.54) is 4.80 Å². The van der Waals surface area contributed by atoms with Crippen molar-refractivity contribution in [1.29, 1.82) is 0 Å². The summed E-state index contributed by atoms with van der Waals surface area (Å²) in [6.45, 7) is 4.97. The summed E-state index contributed by atoms with van der Waals surface area (Å²) >= 11 is 0. The molecule has 2 heterocycles. The van der Waals surface area contributed by atoms with Gasteiger partial charge in [-0.3, -0.25) is 9.59 Å². The molecule has 8 heteroatoms. The van der Waals surface area contributed by atoms with E-state index in [1.807, 2.05) is 44.2 Å². The van der Waals surface area contributed by atoms with Crippen molar-refractivity contribution < 1.29 is 9.59 Å². The molecule has 1 aromatic heterocycles. The van der Waals surface area contributed by atoms with E-state index >= 15 is 0 Å². The summed E-state index contributed by atoms with van der Waals surface area (Å²) in [5.41, 5.74) is 6.23. The first-order chi connectivity index (χ1) is 12.5. The second kappa shape index (κ2) is 7.63. The number of amides is 2. The number of likely N-dealkylation sites (tertiary alicyclic amines) is 1. The summed E-state index contributed by atoms with van der Waals surface area (Å²) in [7, 11) is 0. The molecule has 1 saturated heterocycles. The highest BCUT2D eigenvalue weighted by Crippen LogP contribution is 2.24. The number of nitrogens with zero attached hydrogens (tertiary/aromatic N) is 5. The quantitative estimate of drug-likeness (QED) is 0.868. The summed E-state index contributed by atoms with van der Waals surface area (Å²) in [5.74, 6) is 0.0271. The number of piperidine rings is 1. The highest BCUT2D eigenvalue weighted by atomic mass is 16.2. The van der Waals surface area contributed by atoms with Crippen molar-refractivity contribution in [3.63, 3.8) is 0 Å². The minimum Gasteiger partial charge on any atom is -0.369 e. The molecule has 0 bridgehead atoms. The van der Waals surface area contributed by atoms with E-state index in [0.717, 1.165) is 5.56 Å². The maximum absolute atomic E-state index is 13.0. The van der Waals surface area contributed by atoms with Crippen molar-refractivity contribution in [3.05, 3.63) is 30.3 Å². The molecule has 0 spiro atoms. The van der Waals surface area contributed by atoms with Crippen LogP contribution in [0.25, 0.3) is 11.4 Å². The number of primary amides is 1. The third kappa shape index (κ3) is 3.74. The van der Waals surface area contributed by atoms with Crippen LogP contribution in [-0.2, 0) is 9.59 Å². The average Bonchev–Trinajstić information content (AvgIpc) is 3.12. The largest absolute Gasteiger partial charge is 0.369 e. The summed E-state index contributed by atoms with van der Waals surface area (Å²) < 4.78 is 0. The van der Waals surface area contributed by atoms with Gasteiger partial charge in [0.15, 0.2) is 6.04 Å². The van der Waals surface area contributed by atoms with Crippen LogP contribution in [-0.4, -0.2) is 50.0 Å². The van der Waals surface area contributed by atoms with E-state index < -0.39 is 6.04 Å². The molecule has 26 heavy (non-hydrogen) atoms. The van der Waals surface area contributed by atoms with Crippen molar-refractivity contribution in [1.82, 2.24) is 25.1 Å². The van der Waals surface area contributed by atoms with Gasteiger partial charge in [0, 0.05) is 24.6 Å². The topological polar surface area (TPSA) is 107 Å². The maximum atomic E-state index is 13.0. The molecule has 1 aromatic carbocycles. The molecule has 0 radical (unpaired) electrons. The molecule has 2 N–H and O–H groups in total. The van der Waals surface area contributed by atoms with Gasteiger partial charge < -0.3 is 10.6 Å². The van der Waals surface area contributed by atoms with Crippen LogP contribution in [0.2, 0.25) is 0 Å². The Balaban J connectivity index is 1.76. The predicted octanol–water partition coefficient (Wildman–Crippen LogP) is 1.26. The minimum atomic E-state index is -0.523. The van der Waals surface area contributed by atoms with Crippen LogP contribution in [0.1, 0.15) is 32.7 Å². The lowest BCUT2D eigenvalue weighted by atomic mass is 9.95. The number of carbonyl (C=O) groups is 2. The molecule has 1 unspecified atom stereocenters. The van der Waals surface area contributed by atoms with Crippen LogP contribution in [0.4, 0.5) is 0 Å². The molecule has 0 aliphatic carbocycles. The zero-order chi connectivity index (χ0) is 18.7. The van der Waals surface area contributed by atoms with Crippen LogP contribution in [0.15, 0.2) is 30.3 Å². The van der Waals surface area contributed by atoms with Gasteiger partial charge in [0.25, 0.3) is 0 Å². The molecule has 1 atom stereocenters. The molecular formula is C18H24N6O2. The number of hydrogen-bond acceptors (Lipinski definition) is 5. The Morgan fingerprint density at radius 2 is 1.81 bits per heavy atom. The zero-order valence-corrected chi connectivity index (χ0v) is 15.1. The van der Waals surface area contributed by atoms with Gasteiger partial charge in [0.1, 0.15) is 0 Å². The number of hydrogen-bond donors (Lipinski definition) is 1. The van der Waals surface area contributed by atoms with Crippen LogP contribution >= 0.6 is 0 Å². The van der Waals surface area contributed by atoms with Gasteiger partial charge in [-0.15, -0.1) is 10.2 Å². The fourth-order valence-corrected chi connectivity index (χ4v) is 3.27. The molecule has 0 saturated carbocycles.